The third-order valence-electron chi connectivity index (χ3n) is 2.40. The smallest absolute Gasteiger partial charge is 0.0969 e. The number of hydrogen-bond donors (Lipinski definition) is 0. The van der Waals surface area contributed by atoms with Crippen molar-refractivity contribution in [3.05, 3.63) is 35.4 Å². The monoisotopic (exact) mass is 176 g/mol. The van der Waals surface area contributed by atoms with Crippen molar-refractivity contribution in [3.63, 3.8) is 0 Å². The van der Waals surface area contributed by atoms with Crippen molar-refractivity contribution >= 4 is 0 Å². The predicted molar refractivity (Wildman–Crippen MR) is 51.7 cm³/mol. The number of hydrogen-bond acceptors (Lipinski definition) is 1. The molecule has 0 unspecified atom stereocenters. The average Bonchev–Trinajstić information content (AvgIpc) is 2.20. The maximum Gasteiger partial charge on any atom is 0.0969 e. The van der Waals surface area contributed by atoms with Crippen LogP contribution in [0.2, 0.25) is 0 Å². The van der Waals surface area contributed by atoms with Gasteiger partial charge in [-0.1, -0.05) is 24.3 Å². The van der Waals surface area contributed by atoms with E-state index in [1.54, 1.807) is 0 Å². The van der Waals surface area contributed by atoms with Crippen molar-refractivity contribution < 1.29 is 4.74 Å². The maximum atomic E-state index is 5.65. The molecule has 0 N–H and O–H groups in total. The summed E-state index contributed by atoms with van der Waals surface area (Å²) in [5, 5.41) is 4.35. The van der Waals surface area contributed by atoms with Gasteiger partial charge in [0.1, 0.15) is 0 Å². The van der Waals surface area contributed by atoms with Crippen LogP contribution in [0.4, 0.5) is 0 Å². The molecule has 1 fully saturated rings. The predicted octanol–water partition coefficient (Wildman–Crippen LogP) is 1.67. The molecule has 13 heavy (non-hydrogen) atoms. The summed E-state index contributed by atoms with van der Waals surface area (Å²) in [7, 11) is 0. The van der Waals surface area contributed by atoms with Crippen LogP contribution in [0.25, 0.3) is 0 Å². The van der Waals surface area contributed by atoms with Crippen LogP contribution in [0.1, 0.15) is 17.2 Å². The fourth-order valence-electron chi connectivity index (χ4n) is 1.66. The van der Waals surface area contributed by atoms with Crippen molar-refractivity contribution in [3.8, 4) is 0 Å². The van der Waals surface area contributed by atoms with Gasteiger partial charge in [-0.25, -0.2) is 5.32 Å². The van der Waals surface area contributed by atoms with Gasteiger partial charge in [-0.3, -0.25) is 0 Å². The standard InChI is InChI=1S/C11H14NO/c1-9-4-2-3-5-10(9)11-8-12-6-7-13-11/h2-5,11H,6-8H2,1H3/t11-/m1/s1. The molecule has 1 aliphatic rings. The summed E-state index contributed by atoms with van der Waals surface area (Å²) in [5.74, 6) is 0. The SMILES string of the molecule is Cc1ccccc1[C@H]1C[N]CCO1. The van der Waals surface area contributed by atoms with Crippen molar-refractivity contribution in [1.29, 1.82) is 0 Å². The Morgan fingerprint density at radius 1 is 1.38 bits per heavy atom. The molecule has 0 amide bonds. The van der Waals surface area contributed by atoms with Crippen LogP contribution in [-0.4, -0.2) is 19.7 Å². The Balaban J connectivity index is 2.18. The molecule has 0 aromatic heterocycles. The van der Waals surface area contributed by atoms with E-state index in [4.69, 9.17) is 4.74 Å². The van der Waals surface area contributed by atoms with Crippen molar-refractivity contribution in [2.24, 2.45) is 0 Å². The number of nitrogens with zero attached hydrogens (tertiary/aromatic N) is 1. The quantitative estimate of drug-likeness (QED) is 0.638. The number of benzene rings is 1. The first-order valence-corrected chi connectivity index (χ1v) is 4.68. The first kappa shape index (κ1) is 8.73. The zero-order valence-corrected chi connectivity index (χ0v) is 7.86. The second kappa shape index (κ2) is 3.90. The van der Waals surface area contributed by atoms with Gasteiger partial charge in [-0.05, 0) is 18.1 Å². The Bertz CT molecular complexity index is 279. The Morgan fingerprint density at radius 2 is 2.23 bits per heavy atom. The highest BCUT2D eigenvalue weighted by Crippen LogP contribution is 2.21. The lowest BCUT2D eigenvalue weighted by atomic mass is 10.0. The van der Waals surface area contributed by atoms with E-state index in [-0.39, 0.29) is 6.10 Å². The van der Waals surface area contributed by atoms with Gasteiger partial charge in [0.2, 0.25) is 0 Å². The zero-order valence-electron chi connectivity index (χ0n) is 7.86. The fraction of sp³-hybridized carbons (Fsp3) is 0.455. The topological polar surface area (TPSA) is 23.3 Å². The molecule has 1 aromatic rings. The minimum atomic E-state index is 0.190. The van der Waals surface area contributed by atoms with Gasteiger partial charge in [0.05, 0.1) is 12.7 Å². The number of rotatable bonds is 1. The van der Waals surface area contributed by atoms with Crippen LogP contribution in [0.15, 0.2) is 24.3 Å². The van der Waals surface area contributed by atoms with E-state index >= 15 is 0 Å². The highest BCUT2D eigenvalue weighted by Gasteiger charge is 2.17. The molecule has 0 saturated carbocycles. The average molecular weight is 176 g/mol. The maximum absolute atomic E-state index is 5.65. The van der Waals surface area contributed by atoms with Crippen LogP contribution in [0.3, 0.4) is 0 Å². The fourth-order valence-corrected chi connectivity index (χ4v) is 1.66. The molecule has 1 aromatic carbocycles. The molecule has 2 heteroatoms. The molecule has 2 nitrogen and oxygen atoms in total. The summed E-state index contributed by atoms with van der Waals surface area (Å²) in [4.78, 5) is 0. The van der Waals surface area contributed by atoms with E-state index < -0.39 is 0 Å². The summed E-state index contributed by atoms with van der Waals surface area (Å²) < 4.78 is 5.65. The Labute approximate surface area is 78.9 Å². The molecule has 1 aliphatic heterocycles. The Kier molecular flexibility index (Phi) is 2.62. The van der Waals surface area contributed by atoms with E-state index in [9.17, 15) is 0 Å². The van der Waals surface area contributed by atoms with Gasteiger partial charge in [-0.15, -0.1) is 0 Å². The molecule has 1 radical (unpaired) electrons. The summed E-state index contributed by atoms with van der Waals surface area (Å²) in [6.07, 6.45) is 0.190. The molecule has 1 heterocycles. The second-order valence-corrected chi connectivity index (χ2v) is 3.35. The molecule has 2 rings (SSSR count). The molecule has 1 saturated heterocycles. The Hall–Kier alpha value is -0.860. The molecule has 0 spiro atoms. The summed E-state index contributed by atoms with van der Waals surface area (Å²) in [5.41, 5.74) is 2.58. The van der Waals surface area contributed by atoms with Gasteiger partial charge in [0, 0.05) is 13.1 Å². The lowest BCUT2D eigenvalue weighted by Gasteiger charge is -2.23. The van der Waals surface area contributed by atoms with Gasteiger partial charge >= 0.3 is 0 Å². The molecule has 0 bridgehead atoms. The lowest BCUT2D eigenvalue weighted by molar-refractivity contribution is 0.0257. The lowest BCUT2D eigenvalue weighted by Crippen LogP contribution is -2.28. The van der Waals surface area contributed by atoms with E-state index in [1.807, 2.05) is 0 Å². The van der Waals surface area contributed by atoms with Crippen LogP contribution >= 0.6 is 0 Å². The first-order valence-electron chi connectivity index (χ1n) is 4.68. The van der Waals surface area contributed by atoms with E-state index in [0.717, 1.165) is 19.7 Å². The largest absolute Gasteiger partial charge is 0.371 e. The molecular formula is C11H14NO. The van der Waals surface area contributed by atoms with Crippen LogP contribution in [0.5, 0.6) is 0 Å². The number of morpholine rings is 1. The highest BCUT2D eigenvalue weighted by atomic mass is 16.5. The van der Waals surface area contributed by atoms with E-state index in [1.165, 1.54) is 11.1 Å². The minimum Gasteiger partial charge on any atom is -0.371 e. The molecule has 69 valence electrons. The van der Waals surface area contributed by atoms with Gasteiger partial charge in [-0.2, -0.15) is 0 Å². The van der Waals surface area contributed by atoms with Gasteiger partial charge < -0.3 is 4.74 Å². The van der Waals surface area contributed by atoms with Crippen LogP contribution in [-0.2, 0) is 4.74 Å². The van der Waals surface area contributed by atoms with E-state index in [2.05, 4.69) is 36.5 Å². The summed E-state index contributed by atoms with van der Waals surface area (Å²) in [6, 6.07) is 8.35. The normalized spacial score (nSPS) is 23.0. The molecule has 0 aliphatic carbocycles. The van der Waals surface area contributed by atoms with Crippen molar-refractivity contribution in [2.75, 3.05) is 19.7 Å². The van der Waals surface area contributed by atoms with Crippen LogP contribution < -0.4 is 5.32 Å². The van der Waals surface area contributed by atoms with Crippen molar-refractivity contribution in [2.45, 2.75) is 13.0 Å². The Morgan fingerprint density at radius 3 is 2.92 bits per heavy atom. The van der Waals surface area contributed by atoms with Crippen LogP contribution in [0, 0.1) is 6.92 Å². The summed E-state index contributed by atoms with van der Waals surface area (Å²) in [6.45, 7) is 4.54. The zero-order chi connectivity index (χ0) is 9.10. The third kappa shape index (κ3) is 1.90. The van der Waals surface area contributed by atoms with Crippen molar-refractivity contribution in [1.82, 2.24) is 5.32 Å². The van der Waals surface area contributed by atoms with Gasteiger partial charge in [0.25, 0.3) is 0 Å². The molecular weight excluding hydrogens is 162 g/mol. The number of aryl methyl sites for hydroxylation is 1. The number of ether oxygens (including phenoxy) is 1. The molecule has 1 atom stereocenters. The second-order valence-electron chi connectivity index (χ2n) is 3.35. The first-order chi connectivity index (χ1) is 6.38. The minimum absolute atomic E-state index is 0.190. The third-order valence-corrected chi connectivity index (χ3v) is 2.40. The highest BCUT2D eigenvalue weighted by molar-refractivity contribution is 5.28. The van der Waals surface area contributed by atoms with Gasteiger partial charge in [0.15, 0.2) is 0 Å². The summed E-state index contributed by atoms with van der Waals surface area (Å²) >= 11 is 0. The van der Waals surface area contributed by atoms with E-state index in [0.29, 0.717) is 0 Å².